The van der Waals surface area contributed by atoms with Crippen molar-refractivity contribution >= 4 is 15.9 Å². The molecule has 1 aliphatic heterocycles. The molecule has 0 unspecified atom stereocenters. The van der Waals surface area contributed by atoms with Gasteiger partial charge in [-0.1, -0.05) is 5.16 Å². The molecule has 0 radical (unpaired) electrons. The maximum atomic E-state index is 5.69. The number of fused-ring (bicyclic) bond motifs is 1. The van der Waals surface area contributed by atoms with Crippen molar-refractivity contribution in [1.82, 2.24) is 10.1 Å². The van der Waals surface area contributed by atoms with Crippen molar-refractivity contribution in [3.05, 3.63) is 22.5 Å². The molecule has 2 aromatic rings. The summed E-state index contributed by atoms with van der Waals surface area (Å²) in [4.78, 5) is 4.19. The zero-order chi connectivity index (χ0) is 13.6. The highest BCUT2D eigenvalue weighted by molar-refractivity contribution is 9.10. The number of aromatic nitrogens is 2. The molecule has 0 fully saturated rings. The molecule has 1 aliphatic rings. The monoisotopic (exact) mass is 325 g/mol. The van der Waals surface area contributed by atoms with Gasteiger partial charge >= 0.3 is 0 Å². The zero-order valence-electron chi connectivity index (χ0n) is 10.4. The molecule has 0 atom stereocenters. The van der Waals surface area contributed by atoms with Crippen LogP contribution in [-0.2, 0) is 6.54 Å². The summed E-state index contributed by atoms with van der Waals surface area (Å²) in [6, 6.07) is 3.65. The molecule has 6 nitrogen and oxygen atoms in total. The molecule has 1 aromatic heterocycles. The molecule has 1 aromatic carbocycles. The van der Waals surface area contributed by atoms with Crippen LogP contribution in [0.25, 0.3) is 11.4 Å². The summed E-state index contributed by atoms with van der Waals surface area (Å²) in [5.74, 6) is 1.52. The second-order valence-corrected chi connectivity index (χ2v) is 5.45. The van der Waals surface area contributed by atoms with E-state index >= 15 is 0 Å². The van der Waals surface area contributed by atoms with Crippen LogP contribution >= 0.6 is 15.9 Å². The number of hydrogen-bond acceptors (Lipinski definition) is 6. The number of rotatable bonds is 2. The highest BCUT2D eigenvalue weighted by Gasteiger charge is 2.33. The Morgan fingerprint density at radius 2 is 1.95 bits per heavy atom. The third-order valence-corrected chi connectivity index (χ3v) is 3.28. The van der Waals surface area contributed by atoms with Crippen LogP contribution in [0.3, 0.4) is 0 Å². The summed E-state index contributed by atoms with van der Waals surface area (Å²) in [5, 5.41) is 3.89. The van der Waals surface area contributed by atoms with Crippen LogP contribution in [0.4, 0.5) is 0 Å². The van der Waals surface area contributed by atoms with Crippen LogP contribution < -0.4 is 15.2 Å². The Balaban J connectivity index is 2.05. The number of benzene rings is 1. The lowest BCUT2D eigenvalue weighted by atomic mass is 10.2. The molecule has 0 saturated carbocycles. The molecule has 0 aliphatic carbocycles. The first kappa shape index (κ1) is 12.4. The SMILES string of the molecule is CC1(C)Oc2cc(Br)c(-c3noc(CN)n3)cc2O1. The van der Waals surface area contributed by atoms with Gasteiger partial charge in [0.1, 0.15) is 0 Å². The smallest absolute Gasteiger partial charge is 0.246 e. The van der Waals surface area contributed by atoms with E-state index in [1.807, 2.05) is 26.0 Å². The highest BCUT2D eigenvalue weighted by atomic mass is 79.9. The van der Waals surface area contributed by atoms with Gasteiger partial charge in [-0.25, -0.2) is 0 Å². The van der Waals surface area contributed by atoms with Crippen molar-refractivity contribution in [2.75, 3.05) is 0 Å². The van der Waals surface area contributed by atoms with Crippen LogP contribution in [-0.4, -0.2) is 15.9 Å². The van der Waals surface area contributed by atoms with Gasteiger partial charge in [-0.2, -0.15) is 4.98 Å². The molecule has 0 spiro atoms. The van der Waals surface area contributed by atoms with E-state index in [2.05, 4.69) is 26.1 Å². The van der Waals surface area contributed by atoms with Gasteiger partial charge in [0.15, 0.2) is 11.5 Å². The second kappa shape index (κ2) is 4.21. The summed E-state index contributed by atoms with van der Waals surface area (Å²) in [7, 11) is 0. The van der Waals surface area contributed by atoms with Crippen molar-refractivity contribution in [2.45, 2.75) is 26.2 Å². The molecule has 100 valence electrons. The minimum absolute atomic E-state index is 0.211. The molecule has 0 bridgehead atoms. The maximum absolute atomic E-state index is 5.69. The number of halogens is 1. The van der Waals surface area contributed by atoms with Crippen molar-refractivity contribution in [3.63, 3.8) is 0 Å². The lowest BCUT2D eigenvalue weighted by Gasteiger charge is -2.16. The topological polar surface area (TPSA) is 83.4 Å². The zero-order valence-corrected chi connectivity index (χ0v) is 12.0. The summed E-state index contributed by atoms with van der Waals surface area (Å²) in [6.07, 6.45) is 0. The average Bonchev–Trinajstić information content (AvgIpc) is 2.90. The third-order valence-electron chi connectivity index (χ3n) is 2.63. The van der Waals surface area contributed by atoms with E-state index in [0.29, 0.717) is 23.2 Å². The first-order valence-corrected chi connectivity index (χ1v) is 6.52. The minimum atomic E-state index is -0.667. The molecule has 0 saturated heterocycles. The lowest BCUT2D eigenvalue weighted by molar-refractivity contribution is -0.0431. The fourth-order valence-corrected chi connectivity index (χ4v) is 2.36. The van der Waals surface area contributed by atoms with E-state index in [1.165, 1.54) is 0 Å². The quantitative estimate of drug-likeness (QED) is 0.913. The maximum Gasteiger partial charge on any atom is 0.246 e. The molecule has 0 amide bonds. The van der Waals surface area contributed by atoms with Gasteiger partial charge in [-0.05, 0) is 28.1 Å². The summed E-state index contributed by atoms with van der Waals surface area (Å²) >= 11 is 3.47. The first-order valence-electron chi connectivity index (χ1n) is 5.73. The van der Waals surface area contributed by atoms with Gasteiger partial charge in [0, 0.05) is 23.9 Å². The first-order chi connectivity index (χ1) is 8.98. The fourth-order valence-electron chi connectivity index (χ4n) is 1.86. The van der Waals surface area contributed by atoms with Crippen LogP contribution in [0.5, 0.6) is 11.5 Å². The summed E-state index contributed by atoms with van der Waals surface area (Å²) < 4.78 is 17.2. The van der Waals surface area contributed by atoms with Crippen molar-refractivity contribution in [2.24, 2.45) is 5.73 Å². The second-order valence-electron chi connectivity index (χ2n) is 4.60. The van der Waals surface area contributed by atoms with Crippen molar-refractivity contribution < 1.29 is 14.0 Å². The number of nitrogens with zero attached hydrogens (tertiary/aromatic N) is 2. The van der Waals surface area contributed by atoms with Gasteiger partial charge in [-0.15, -0.1) is 0 Å². The largest absolute Gasteiger partial charge is 0.449 e. The Morgan fingerprint density at radius 3 is 2.58 bits per heavy atom. The van der Waals surface area contributed by atoms with Gasteiger partial charge in [0.25, 0.3) is 0 Å². The average molecular weight is 326 g/mol. The fraction of sp³-hybridized carbons (Fsp3) is 0.333. The predicted octanol–water partition coefficient (Wildman–Crippen LogP) is 2.47. The molecule has 2 heterocycles. The van der Waals surface area contributed by atoms with E-state index in [4.69, 9.17) is 19.7 Å². The Labute approximate surface area is 118 Å². The van der Waals surface area contributed by atoms with Crippen LogP contribution in [0, 0.1) is 0 Å². The lowest BCUT2D eigenvalue weighted by Crippen LogP contribution is -2.29. The third kappa shape index (κ3) is 2.19. The van der Waals surface area contributed by atoms with E-state index in [9.17, 15) is 0 Å². The van der Waals surface area contributed by atoms with Crippen LogP contribution in [0.2, 0.25) is 0 Å². The summed E-state index contributed by atoms with van der Waals surface area (Å²) in [6.45, 7) is 3.91. The molecule has 19 heavy (non-hydrogen) atoms. The van der Waals surface area contributed by atoms with Gasteiger partial charge in [0.2, 0.25) is 17.5 Å². The van der Waals surface area contributed by atoms with Crippen LogP contribution in [0.15, 0.2) is 21.1 Å². The van der Waals surface area contributed by atoms with E-state index in [1.54, 1.807) is 0 Å². The number of hydrogen-bond donors (Lipinski definition) is 1. The minimum Gasteiger partial charge on any atom is -0.449 e. The Bertz CT molecular complexity index is 639. The predicted molar refractivity (Wildman–Crippen MR) is 70.7 cm³/mol. The standard InChI is InChI=1S/C12H12BrN3O3/c1-12(2)17-8-3-6(7(13)4-9(8)18-12)11-15-10(5-14)19-16-11/h3-4H,5,14H2,1-2H3. The Kier molecular flexibility index (Phi) is 2.75. The van der Waals surface area contributed by atoms with Crippen molar-refractivity contribution in [1.29, 1.82) is 0 Å². The number of nitrogens with two attached hydrogens (primary N) is 1. The Hall–Kier alpha value is -1.60. The highest BCUT2D eigenvalue weighted by Crippen LogP contribution is 2.44. The molecule has 3 rings (SSSR count). The van der Waals surface area contributed by atoms with Crippen LogP contribution in [0.1, 0.15) is 19.7 Å². The Morgan fingerprint density at radius 1 is 1.26 bits per heavy atom. The normalized spacial score (nSPS) is 15.8. The van der Waals surface area contributed by atoms with Crippen molar-refractivity contribution in [3.8, 4) is 22.9 Å². The molecular weight excluding hydrogens is 314 g/mol. The number of ether oxygens (including phenoxy) is 2. The van der Waals surface area contributed by atoms with Gasteiger partial charge in [-0.3, -0.25) is 0 Å². The molecular formula is C12H12BrN3O3. The molecule has 7 heteroatoms. The van der Waals surface area contributed by atoms with Gasteiger partial charge in [0.05, 0.1) is 6.54 Å². The van der Waals surface area contributed by atoms with Gasteiger partial charge < -0.3 is 19.7 Å². The van der Waals surface area contributed by atoms with E-state index in [0.717, 1.165) is 10.0 Å². The van der Waals surface area contributed by atoms with E-state index in [-0.39, 0.29) is 6.54 Å². The van der Waals surface area contributed by atoms with E-state index < -0.39 is 5.79 Å². The molecule has 2 N–H and O–H groups in total. The summed E-state index contributed by atoms with van der Waals surface area (Å²) in [5.41, 5.74) is 6.22.